The third-order valence-corrected chi connectivity index (χ3v) is 4.42. The van der Waals surface area contributed by atoms with Crippen LogP contribution in [0, 0.1) is 0 Å². The molecule has 0 spiro atoms. The van der Waals surface area contributed by atoms with Crippen molar-refractivity contribution in [1.82, 2.24) is 0 Å². The molecular weight excluding hydrogens is 306 g/mol. The minimum Gasteiger partial charge on any atom is -0.493 e. The van der Waals surface area contributed by atoms with Gasteiger partial charge in [-0.05, 0) is 48.2 Å². The van der Waals surface area contributed by atoms with Crippen LogP contribution >= 0.6 is 23.4 Å². The van der Waals surface area contributed by atoms with Gasteiger partial charge >= 0.3 is 0 Å². The van der Waals surface area contributed by atoms with Crippen LogP contribution in [0.5, 0.6) is 5.75 Å². The maximum Gasteiger partial charge on any atom is 0.257 e. The summed E-state index contributed by atoms with van der Waals surface area (Å²) in [6.45, 7) is 0.703. The van der Waals surface area contributed by atoms with E-state index in [0.717, 1.165) is 28.3 Å². The highest BCUT2D eigenvalue weighted by atomic mass is 35.5. The fourth-order valence-corrected chi connectivity index (χ4v) is 2.91. The Morgan fingerprint density at radius 2 is 2.14 bits per heavy atom. The molecular formula is C16H14ClNO2S. The molecule has 0 saturated heterocycles. The van der Waals surface area contributed by atoms with Crippen molar-refractivity contribution < 1.29 is 9.53 Å². The van der Waals surface area contributed by atoms with Crippen molar-refractivity contribution in [2.75, 3.05) is 18.2 Å². The lowest BCUT2D eigenvalue weighted by molar-refractivity contribution is 0.102. The van der Waals surface area contributed by atoms with E-state index in [1.165, 1.54) is 0 Å². The smallest absolute Gasteiger partial charge is 0.257 e. The summed E-state index contributed by atoms with van der Waals surface area (Å²) in [6, 6.07) is 11.1. The monoisotopic (exact) mass is 319 g/mol. The number of hydrogen-bond donors (Lipinski definition) is 1. The number of thioether (sulfide) groups is 1. The Morgan fingerprint density at radius 3 is 2.95 bits per heavy atom. The zero-order valence-electron chi connectivity index (χ0n) is 11.5. The third-order valence-electron chi connectivity index (χ3n) is 3.37. The molecule has 0 bridgehead atoms. The molecule has 5 heteroatoms. The van der Waals surface area contributed by atoms with Crippen LogP contribution in [-0.4, -0.2) is 18.8 Å². The Kier molecular flexibility index (Phi) is 4.08. The highest BCUT2D eigenvalue weighted by Crippen LogP contribution is 2.29. The predicted molar refractivity (Wildman–Crippen MR) is 86.8 cm³/mol. The molecule has 2 aromatic carbocycles. The summed E-state index contributed by atoms with van der Waals surface area (Å²) in [5.74, 6) is 0.699. The Hall–Kier alpha value is -1.65. The molecule has 0 aliphatic carbocycles. The number of benzene rings is 2. The van der Waals surface area contributed by atoms with Crippen molar-refractivity contribution in [3.05, 3.63) is 52.5 Å². The Morgan fingerprint density at radius 1 is 1.29 bits per heavy atom. The van der Waals surface area contributed by atoms with Crippen LogP contribution in [-0.2, 0) is 6.42 Å². The van der Waals surface area contributed by atoms with Gasteiger partial charge in [0.15, 0.2) is 0 Å². The van der Waals surface area contributed by atoms with Gasteiger partial charge < -0.3 is 10.1 Å². The Labute approximate surface area is 132 Å². The van der Waals surface area contributed by atoms with E-state index in [1.807, 2.05) is 30.5 Å². The molecule has 2 aromatic rings. The van der Waals surface area contributed by atoms with Gasteiger partial charge in [0.25, 0.3) is 5.91 Å². The molecule has 0 aromatic heterocycles. The fraction of sp³-hybridized carbons (Fsp3) is 0.188. The summed E-state index contributed by atoms with van der Waals surface area (Å²) in [5, 5.41) is 3.35. The topological polar surface area (TPSA) is 38.3 Å². The van der Waals surface area contributed by atoms with Crippen molar-refractivity contribution in [2.24, 2.45) is 0 Å². The second kappa shape index (κ2) is 6.00. The maximum atomic E-state index is 12.4. The van der Waals surface area contributed by atoms with Crippen LogP contribution in [0.25, 0.3) is 0 Å². The molecule has 0 fully saturated rings. The number of ether oxygens (including phenoxy) is 1. The minimum absolute atomic E-state index is 0.199. The molecule has 3 rings (SSSR count). The van der Waals surface area contributed by atoms with Crippen molar-refractivity contribution >= 4 is 35.0 Å². The quantitative estimate of drug-likeness (QED) is 0.860. The molecule has 3 nitrogen and oxygen atoms in total. The van der Waals surface area contributed by atoms with Crippen LogP contribution in [0.4, 0.5) is 5.69 Å². The van der Waals surface area contributed by atoms with E-state index in [0.29, 0.717) is 17.2 Å². The summed E-state index contributed by atoms with van der Waals surface area (Å²) in [7, 11) is 0. The predicted octanol–water partition coefficient (Wildman–Crippen LogP) is 4.25. The van der Waals surface area contributed by atoms with E-state index in [1.54, 1.807) is 23.9 Å². The molecule has 0 atom stereocenters. The van der Waals surface area contributed by atoms with Gasteiger partial charge in [0, 0.05) is 17.0 Å². The van der Waals surface area contributed by atoms with Crippen molar-refractivity contribution in [2.45, 2.75) is 11.3 Å². The van der Waals surface area contributed by atoms with Gasteiger partial charge in [-0.3, -0.25) is 4.79 Å². The normalized spacial score (nSPS) is 12.7. The molecule has 0 unspecified atom stereocenters. The first-order valence-electron chi connectivity index (χ1n) is 6.58. The van der Waals surface area contributed by atoms with Crippen LogP contribution in [0.2, 0.25) is 5.02 Å². The van der Waals surface area contributed by atoms with E-state index in [-0.39, 0.29) is 5.91 Å². The lowest BCUT2D eigenvalue weighted by Gasteiger charge is -2.09. The fourth-order valence-electron chi connectivity index (χ4n) is 2.27. The second-order valence-corrected chi connectivity index (χ2v) is 6.01. The van der Waals surface area contributed by atoms with E-state index >= 15 is 0 Å². The molecule has 0 radical (unpaired) electrons. The number of anilines is 1. The summed E-state index contributed by atoms with van der Waals surface area (Å²) in [4.78, 5) is 13.4. The lowest BCUT2D eigenvalue weighted by Crippen LogP contribution is -2.12. The summed E-state index contributed by atoms with van der Waals surface area (Å²) >= 11 is 7.69. The minimum atomic E-state index is -0.199. The van der Waals surface area contributed by atoms with E-state index in [4.69, 9.17) is 16.3 Å². The lowest BCUT2D eigenvalue weighted by atomic mass is 10.1. The average Bonchev–Trinajstić information content (AvgIpc) is 2.95. The first-order valence-corrected chi connectivity index (χ1v) is 8.18. The van der Waals surface area contributed by atoms with E-state index in [2.05, 4.69) is 5.32 Å². The summed E-state index contributed by atoms with van der Waals surface area (Å²) < 4.78 is 5.46. The van der Waals surface area contributed by atoms with Crippen molar-refractivity contribution in [1.29, 1.82) is 0 Å². The standard InChI is InChI=1S/C16H14ClNO2S/c1-21-12-3-4-14(17)13(9-12)16(19)18-11-2-5-15-10(8-11)6-7-20-15/h2-5,8-9H,6-7H2,1H3,(H,18,19). The summed E-state index contributed by atoms with van der Waals surface area (Å²) in [5.41, 5.74) is 2.37. The Bertz CT molecular complexity index is 703. The number of rotatable bonds is 3. The number of fused-ring (bicyclic) bond motifs is 1. The molecule has 108 valence electrons. The maximum absolute atomic E-state index is 12.4. The molecule has 1 N–H and O–H groups in total. The molecule has 1 amide bonds. The first-order chi connectivity index (χ1) is 10.2. The third kappa shape index (κ3) is 3.01. The molecule has 0 saturated carbocycles. The van der Waals surface area contributed by atoms with Gasteiger partial charge in [-0.25, -0.2) is 0 Å². The van der Waals surface area contributed by atoms with Crippen LogP contribution in [0.15, 0.2) is 41.3 Å². The van der Waals surface area contributed by atoms with Gasteiger partial charge in [0.2, 0.25) is 0 Å². The number of halogens is 1. The number of carbonyl (C=O) groups is 1. The number of nitrogens with one attached hydrogen (secondary N) is 1. The molecule has 21 heavy (non-hydrogen) atoms. The SMILES string of the molecule is CSc1ccc(Cl)c(C(=O)Nc2ccc3c(c2)CCO3)c1. The second-order valence-electron chi connectivity index (χ2n) is 4.72. The number of carbonyl (C=O) groups excluding carboxylic acids is 1. The average molecular weight is 320 g/mol. The summed E-state index contributed by atoms with van der Waals surface area (Å²) in [6.07, 6.45) is 2.84. The Balaban J connectivity index is 1.83. The molecule has 1 aliphatic heterocycles. The largest absolute Gasteiger partial charge is 0.493 e. The van der Waals surface area contributed by atoms with Gasteiger partial charge in [0.1, 0.15) is 5.75 Å². The van der Waals surface area contributed by atoms with Gasteiger partial charge in [-0.1, -0.05) is 11.6 Å². The van der Waals surface area contributed by atoms with Gasteiger partial charge in [-0.2, -0.15) is 0 Å². The highest BCUT2D eigenvalue weighted by molar-refractivity contribution is 7.98. The van der Waals surface area contributed by atoms with Crippen molar-refractivity contribution in [3.63, 3.8) is 0 Å². The van der Waals surface area contributed by atoms with E-state index in [9.17, 15) is 4.79 Å². The van der Waals surface area contributed by atoms with Crippen LogP contribution < -0.4 is 10.1 Å². The van der Waals surface area contributed by atoms with Gasteiger partial charge in [-0.15, -0.1) is 11.8 Å². The number of hydrogen-bond acceptors (Lipinski definition) is 3. The van der Waals surface area contributed by atoms with Crippen LogP contribution in [0.1, 0.15) is 15.9 Å². The van der Waals surface area contributed by atoms with Crippen LogP contribution in [0.3, 0.4) is 0 Å². The molecule has 1 aliphatic rings. The van der Waals surface area contributed by atoms with Crippen molar-refractivity contribution in [3.8, 4) is 5.75 Å². The zero-order chi connectivity index (χ0) is 14.8. The van der Waals surface area contributed by atoms with Gasteiger partial charge in [0.05, 0.1) is 17.2 Å². The highest BCUT2D eigenvalue weighted by Gasteiger charge is 2.15. The first kappa shape index (κ1) is 14.3. The molecule has 1 heterocycles. The number of amides is 1. The van der Waals surface area contributed by atoms with E-state index < -0.39 is 0 Å². The zero-order valence-corrected chi connectivity index (χ0v) is 13.1.